The number of nitrogens with zero attached hydrogens (tertiary/aromatic N) is 1. The van der Waals surface area contributed by atoms with Crippen molar-refractivity contribution in [2.45, 2.75) is 24.3 Å². The van der Waals surface area contributed by atoms with E-state index in [1.54, 1.807) is 6.92 Å². The molecule has 0 aliphatic rings. The zero-order chi connectivity index (χ0) is 14.1. The lowest BCUT2D eigenvalue weighted by molar-refractivity contribution is -0.290. The maximum atomic E-state index is 12.9. The average molecular weight is 287 g/mol. The molecule has 0 aromatic carbocycles. The fourth-order valence-corrected chi connectivity index (χ4v) is 1.69. The molecule has 2 atom stereocenters. The van der Waals surface area contributed by atoms with E-state index in [1.807, 2.05) is 0 Å². The van der Waals surface area contributed by atoms with E-state index in [9.17, 15) is 26.5 Å². The van der Waals surface area contributed by atoms with Gasteiger partial charge < -0.3 is 4.55 Å². The van der Waals surface area contributed by atoms with Gasteiger partial charge in [0.15, 0.2) is 0 Å². The molecule has 102 valence electrons. The summed E-state index contributed by atoms with van der Waals surface area (Å²) < 4.78 is 73.2. The van der Waals surface area contributed by atoms with Crippen LogP contribution in [0.5, 0.6) is 0 Å². The van der Waals surface area contributed by atoms with Gasteiger partial charge in [-0.1, -0.05) is 6.07 Å². The number of pyridine rings is 1. The molecular formula is C10H10F5NOS. The molecule has 0 bridgehead atoms. The zero-order valence-corrected chi connectivity index (χ0v) is 10.3. The van der Waals surface area contributed by atoms with Gasteiger partial charge in [0.25, 0.3) is 0 Å². The molecule has 0 aliphatic carbocycles. The molecule has 18 heavy (non-hydrogen) atoms. The highest BCUT2D eigenvalue weighted by Gasteiger charge is 2.59. The van der Waals surface area contributed by atoms with Crippen LogP contribution in [-0.2, 0) is 17.1 Å². The monoisotopic (exact) mass is 287 g/mol. The second-order valence-electron chi connectivity index (χ2n) is 3.69. The van der Waals surface area contributed by atoms with E-state index >= 15 is 0 Å². The minimum absolute atomic E-state index is 0.345. The van der Waals surface area contributed by atoms with Gasteiger partial charge >= 0.3 is 12.1 Å². The average Bonchev–Trinajstić information content (AvgIpc) is 2.26. The first-order valence-corrected chi connectivity index (χ1v) is 6.42. The number of alkyl halides is 5. The molecule has 1 aromatic rings. The Morgan fingerprint density at radius 3 is 2.11 bits per heavy atom. The molecule has 0 spiro atoms. The van der Waals surface area contributed by atoms with Crippen molar-refractivity contribution in [3.63, 3.8) is 0 Å². The molecule has 0 radical (unpaired) electrons. The van der Waals surface area contributed by atoms with Crippen LogP contribution in [0.1, 0.15) is 23.4 Å². The fraction of sp³-hybridized carbons (Fsp3) is 0.500. The third kappa shape index (κ3) is 2.92. The molecule has 1 heterocycles. The lowest BCUT2D eigenvalue weighted by Gasteiger charge is -2.19. The van der Waals surface area contributed by atoms with Crippen molar-refractivity contribution < 1.29 is 26.5 Å². The normalized spacial score (nSPS) is 16.4. The van der Waals surface area contributed by atoms with Gasteiger partial charge in [0.1, 0.15) is 10.9 Å². The van der Waals surface area contributed by atoms with E-state index in [1.165, 1.54) is 6.26 Å². The molecule has 0 saturated heterocycles. The summed E-state index contributed by atoms with van der Waals surface area (Å²) in [4.78, 5) is 3.12. The van der Waals surface area contributed by atoms with E-state index in [0.717, 1.165) is 12.3 Å². The summed E-state index contributed by atoms with van der Waals surface area (Å²) in [7, 11) is 0. The van der Waals surface area contributed by atoms with Gasteiger partial charge in [-0.25, -0.2) is 0 Å². The van der Waals surface area contributed by atoms with Crippen LogP contribution >= 0.6 is 0 Å². The number of hydrogen-bond donors (Lipinski definition) is 0. The van der Waals surface area contributed by atoms with E-state index in [2.05, 4.69) is 4.98 Å². The van der Waals surface area contributed by atoms with Crippen molar-refractivity contribution in [2.75, 3.05) is 6.26 Å². The molecule has 2 nitrogen and oxygen atoms in total. The topological polar surface area (TPSA) is 36.0 Å². The summed E-state index contributed by atoms with van der Waals surface area (Å²) in [6.45, 7) is 1.56. The highest BCUT2D eigenvalue weighted by molar-refractivity contribution is 7.90. The van der Waals surface area contributed by atoms with Crippen LogP contribution in [0.3, 0.4) is 0 Å². The number of hydrogen-bond acceptors (Lipinski definition) is 2. The highest BCUT2D eigenvalue weighted by atomic mass is 32.2. The third-order valence-corrected chi connectivity index (χ3v) is 3.70. The van der Waals surface area contributed by atoms with Crippen LogP contribution in [0.25, 0.3) is 0 Å². The Labute approximate surface area is 103 Å². The second-order valence-corrected chi connectivity index (χ2v) is 5.39. The second kappa shape index (κ2) is 5.00. The first kappa shape index (κ1) is 15.2. The van der Waals surface area contributed by atoms with Crippen LogP contribution in [0.4, 0.5) is 22.0 Å². The van der Waals surface area contributed by atoms with E-state index < -0.39 is 34.2 Å². The van der Waals surface area contributed by atoms with Gasteiger partial charge in [0, 0.05) is 11.8 Å². The lowest BCUT2D eigenvalue weighted by Crippen LogP contribution is -2.34. The largest absolute Gasteiger partial charge is 0.616 e. The Morgan fingerprint density at radius 2 is 1.78 bits per heavy atom. The zero-order valence-electron chi connectivity index (χ0n) is 9.46. The van der Waals surface area contributed by atoms with Crippen LogP contribution in [0.15, 0.2) is 18.3 Å². The highest BCUT2D eigenvalue weighted by Crippen LogP contribution is 2.43. The number of halogens is 5. The summed E-state index contributed by atoms with van der Waals surface area (Å²) in [6.07, 6.45) is -3.38. The summed E-state index contributed by atoms with van der Waals surface area (Å²) in [5, 5.41) is -0.481. The summed E-state index contributed by atoms with van der Waals surface area (Å²) in [5.74, 6) is -4.99. The maximum absolute atomic E-state index is 12.9. The van der Waals surface area contributed by atoms with Gasteiger partial charge in [-0.15, -0.1) is 0 Å². The Bertz CT molecular complexity index is 404. The van der Waals surface area contributed by atoms with Crippen molar-refractivity contribution in [3.8, 4) is 0 Å². The maximum Gasteiger partial charge on any atom is 0.459 e. The van der Waals surface area contributed by atoms with Crippen LogP contribution < -0.4 is 0 Å². The summed E-state index contributed by atoms with van der Waals surface area (Å²) >= 11 is -1.26. The van der Waals surface area contributed by atoms with Crippen molar-refractivity contribution in [2.24, 2.45) is 0 Å². The molecule has 2 unspecified atom stereocenters. The quantitative estimate of drug-likeness (QED) is 0.632. The molecule has 8 heteroatoms. The van der Waals surface area contributed by atoms with E-state index in [4.69, 9.17) is 0 Å². The predicted octanol–water partition coefficient (Wildman–Crippen LogP) is 3.18. The molecule has 0 amide bonds. The first-order chi connectivity index (χ1) is 8.07. The van der Waals surface area contributed by atoms with E-state index in [-0.39, 0.29) is 0 Å². The molecular weight excluding hydrogens is 277 g/mol. The molecule has 0 N–H and O–H groups in total. The van der Waals surface area contributed by atoms with Crippen LogP contribution in [-0.4, -0.2) is 22.0 Å². The molecule has 0 aliphatic heterocycles. The fourth-order valence-electron chi connectivity index (χ4n) is 1.17. The SMILES string of the molecule is CC(c1ccc(C(F)(F)C(F)(F)F)nc1)[S+](C)[O-]. The van der Waals surface area contributed by atoms with Gasteiger partial charge in [-0.05, 0) is 24.2 Å². The van der Waals surface area contributed by atoms with Crippen molar-refractivity contribution in [1.82, 2.24) is 4.98 Å². The number of aromatic nitrogens is 1. The van der Waals surface area contributed by atoms with Gasteiger partial charge in [-0.3, -0.25) is 4.98 Å². The minimum Gasteiger partial charge on any atom is -0.616 e. The molecule has 0 saturated carbocycles. The van der Waals surface area contributed by atoms with Crippen molar-refractivity contribution in [1.29, 1.82) is 0 Å². The summed E-state index contributed by atoms with van der Waals surface area (Å²) in [5.41, 5.74) is -1.02. The van der Waals surface area contributed by atoms with Crippen molar-refractivity contribution in [3.05, 3.63) is 29.6 Å². The lowest BCUT2D eigenvalue weighted by atomic mass is 10.1. The predicted molar refractivity (Wildman–Crippen MR) is 56.7 cm³/mol. The Hall–Kier alpha value is -0.890. The minimum atomic E-state index is -5.68. The van der Waals surface area contributed by atoms with E-state index in [0.29, 0.717) is 11.6 Å². The van der Waals surface area contributed by atoms with Crippen molar-refractivity contribution >= 4 is 11.2 Å². The van der Waals surface area contributed by atoms with Crippen LogP contribution in [0.2, 0.25) is 0 Å². The van der Waals surface area contributed by atoms with Crippen LogP contribution in [0, 0.1) is 0 Å². The Kier molecular flexibility index (Phi) is 4.22. The standard InChI is InChI=1S/C10H10F5NOS/c1-6(18(2)17)7-3-4-8(16-5-7)9(11,12)10(13,14)15/h3-6H,1-2H3. The van der Waals surface area contributed by atoms with Gasteiger partial charge in [0.2, 0.25) is 0 Å². The molecule has 1 aromatic heterocycles. The summed E-state index contributed by atoms with van der Waals surface area (Å²) in [6, 6.07) is 1.68. The number of rotatable bonds is 3. The Balaban J connectivity index is 3.03. The molecule has 1 rings (SSSR count). The Morgan fingerprint density at radius 1 is 1.22 bits per heavy atom. The first-order valence-electron chi connectivity index (χ1n) is 4.80. The smallest absolute Gasteiger partial charge is 0.459 e. The van der Waals surface area contributed by atoms with Gasteiger partial charge in [0.05, 0.1) is 6.26 Å². The van der Waals surface area contributed by atoms with Gasteiger partial charge in [-0.2, -0.15) is 22.0 Å². The molecule has 0 fully saturated rings. The third-order valence-electron chi connectivity index (χ3n) is 2.43.